The van der Waals surface area contributed by atoms with Gasteiger partial charge in [-0.15, -0.1) is 11.3 Å². The number of nitrogens with zero attached hydrogens (tertiary/aromatic N) is 1. The van der Waals surface area contributed by atoms with Crippen molar-refractivity contribution in [1.29, 1.82) is 0 Å². The van der Waals surface area contributed by atoms with E-state index in [2.05, 4.69) is 34.7 Å². The number of aliphatic imine (C=N–C) groups is 1. The number of nitrogens with one attached hydrogen (secondary N) is 2. The summed E-state index contributed by atoms with van der Waals surface area (Å²) in [5, 5.41) is 6.17. The van der Waals surface area contributed by atoms with Crippen LogP contribution in [0.4, 0.5) is 0 Å². The number of aryl methyl sites for hydroxylation is 1. The smallest absolute Gasteiger partial charge is 0.191 e. The summed E-state index contributed by atoms with van der Waals surface area (Å²) in [5.41, 5.74) is 0. The monoisotopic (exact) mass is 197 g/mol. The Morgan fingerprint density at radius 3 is 2.77 bits per heavy atom. The summed E-state index contributed by atoms with van der Waals surface area (Å²) in [6, 6.07) is 4.26. The van der Waals surface area contributed by atoms with Gasteiger partial charge in [-0.05, 0) is 19.1 Å². The normalized spacial score (nSPS) is 11.5. The lowest BCUT2D eigenvalue weighted by atomic mass is 10.4. The van der Waals surface area contributed by atoms with Gasteiger partial charge in [0.05, 0.1) is 6.54 Å². The van der Waals surface area contributed by atoms with Crippen molar-refractivity contribution in [3.8, 4) is 0 Å². The van der Waals surface area contributed by atoms with Gasteiger partial charge in [-0.1, -0.05) is 0 Å². The number of guanidine groups is 1. The van der Waals surface area contributed by atoms with Gasteiger partial charge in [0.25, 0.3) is 0 Å². The van der Waals surface area contributed by atoms with Crippen molar-refractivity contribution >= 4 is 17.3 Å². The third-order valence-corrected chi connectivity index (χ3v) is 2.69. The highest BCUT2D eigenvalue weighted by Gasteiger charge is 1.97. The van der Waals surface area contributed by atoms with E-state index in [1.54, 1.807) is 18.4 Å². The molecule has 1 heterocycles. The van der Waals surface area contributed by atoms with E-state index >= 15 is 0 Å². The van der Waals surface area contributed by atoms with Gasteiger partial charge in [-0.25, -0.2) is 0 Å². The number of hydrogen-bond acceptors (Lipinski definition) is 2. The quantitative estimate of drug-likeness (QED) is 0.554. The van der Waals surface area contributed by atoms with E-state index in [0.29, 0.717) is 0 Å². The van der Waals surface area contributed by atoms with Crippen LogP contribution in [0.1, 0.15) is 9.75 Å². The molecule has 0 unspecified atom stereocenters. The molecule has 0 saturated carbocycles. The number of hydrogen-bond donors (Lipinski definition) is 2. The molecule has 0 saturated heterocycles. The predicted octanol–water partition coefficient (Wildman–Crippen LogP) is 1.35. The first-order valence-electron chi connectivity index (χ1n) is 4.20. The summed E-state index contributed by atoms with van der Waals surface area (Å²) in [7, 11) is 3.62. The van der Waals surface area contributed by atoms with Gasteiger partial charge in [0, 0.05) is 23.8 Å². The molecule has 3 nitrogen and oxygen atoms in total. The van der Waals surface area contributed by atoms with Gasteiger partial charge in [0.15, 0.2) is 5.96 Å². The minimum atomic E-state index is 0.825. The Morgan fingerprint density at radius 2 is 2.31 bits per heavy atom. The van der Waals surface area contributed by atoms with Crippen LogP contribution in [-0.4, -0.2) is 20.1 Å². The second-order valence-corrected chi connectivity index (χ2v) is 4.06. The Labute approximate surface area is 82.9 Å². The number of thiophene rings is 1. The van der Waals surface area contributed by atoms with E-state index in [1.165, 1.54) is 9.75 Å². The molecule has 0 bridgehead atoms. The summed E-state index contributed by atoms with van der Waals surface area (Å²) < 4.78 is 0. The first kappa shape index (κ1) is 10.1. The van der Waals surface area contributed by atoms with E-state index in [0.717, 1.165) is 12.5 Å². The molecule has 1 rings (SSSR count). The largest absolute Gasteiger partial charge is 0.359 e. The van der Waals surface area contributed by atoms with Crippen LogP contribution in [0.25, 0.3) is 0 Å². The summed E-state index contributed by atoms with van der Waals surface area (Å²) >= 11 is 1.81. The lowest BCUT2D eigenvalue weighted by Gasteiger charge is -2.06. The van der Waals surface area contributed by atoms with Crippen LogP contribution < -0.4 is 10.6 Å². The highest BCUT2D eigenvalue weighted by molar-refractivity contribution is 7.11. The van der Waals surface area contributed by atoms with Crippen molar-refractivity contribution in [3.63, 3.8) is 0 Å². The Balaban J connectivity index is 2.43. The lowest BCUT2D eigenvalue weighted by Crippen LogP contribution is -2.33. The van der Waals surface area contributed by atoms with Gasteiger partial charge in [-0.3, -0.25) is 4.99 Å². The highest BCUT2D eigenvalue weighted by Crippen LogP contribution is 2.14. The van der Waals surface area contributed by atoms with Crippen LogP contribution >= 0.6 is 11.3 Å². The van der Waals surface area contributed by atoms with E-state index < -0.39 is 0 Å². The molecule has 0 aliphatic heterocycles. The minimum absolute atomic E-state index is 0.825. The Kier molecular flexibility index (Phi) is 3.76. The zero-order chi connectivity index (χ0) is 9.68. The molecule has 0 amide bonds. The molecule has 0 radical (unpaired) electrons. The average Bonchev–Trinajstić information content (AvgIpc) is 2.53. The highest BCUT2D eigenvalue weighted by atomic mass is 32.1. The van der Waals surface area contributed by atoms with Crippen LogP contribution in [0.3, 0.4) is 0 Å². The van der Waals surface area contributed by atoms with E-state index in [4.69, 9.17) is 0 Å². The first-order valence-corrected chi connectivity index (χ1v) is 5.01. The van der Waals surface area contributed by atoms with Crippen molar-refractivity contribution in [1.82, 2.24) is 10.6 Å². The Morgan fingerprint density at radius 1 is 1.54 bits per heavy atom. The van der Waals surface area contributed by atoms with Gasteiger partial charge in [0.2, 0.25) is 0 Å². The molecule has 0 aliphatic rings. The molecule has 0 atom stereocenters. The van der Waals surface area contributed by atoms with E-state index in [-0.39, 0.29) is 0 Å². The van der Waals surface area contributed by atoms with Crippen molar-refractivity contribution in [2.45, 2.75) is 13.5 Å². The summed E-state index contributed by atoms with van der Waals surface area (Å²) in [5.74, 6) is 0.825. The molecule has 1 aromatic rings. The third-order valence-electron chi connectivity index (χ3n) is 1.69. The molecule has 0 spiro atoms. The molecular weight excluding hydrogens is 182 g/mol. The molecule has 0 aliphatic carbocycles. The third kappa shape index (κ3) is 3.06. The summed E-state index contributed by atoms with van der Waals surface area (Å²) in [6.45, 7) is 2.95. The zero-order valence-electron chi connectivity index (χ0n) is 8.22. The molecule has 13 heavy (non-hydrogen) atoms. The number of rotatable bonds is 2. The minimum Gasteiger partial charge on any atom is -0.359 e. The fourth-order valence-electron chi connectivity index (χ4n) is 1.03. The molecule has 2 N–H and O–H groups in total. The first-order chi connectivity index (χ1) is 6.26. The van der Waals surface area contributed by atoms with Crippen LogP contribution in [0.2, 0.25) is 0 Å². The van der Waals surface area contributed by atoms with E-state index in [9.17, 15) is 0 Å². The molecular formula is C9H15N3S. The molecule has 0 aromatic carbocycles. The van der Waals surface area contributed by atoms with Crippen LogP contribution in [0.5, 0.6) is 0 Å². The van der Waals surface area contributed by atoms with Crippen molar-refractivity contribution in [3.05, 3.63) is 21.9 Å². The molecule has 0 fully saturated rings. The topological polar surface area (TPSA) is 36.4 Å². The van der Waals surface area contributed by atoms with E-state index in [1.807, 2.05) is 7.05 Å². The molecule has 4 heteroatoms. The lowest BCUT2D eigenvalue weighted by molar-refractivity contribution is 0.879. The van der Waals surface area contributed by atoms with Crippen LogP contribution in [-0.2, 0) is 6.54 Å². The van der Waals surface area contributed by atoms with Crippen LogP contribution in [0, 0.1) is 6.92 Å². The maximum atomic E-state index is 4.03. The van der Waals surface area contributed by atoms with Crippen molar-refractivity contribution < 1.29 is 0 Å². The predicted molar refractivity (Wildman–Crippen MR) is 58.3 cm³/mol. The standard InChI is InChI=1S/C9H15N3S/c1-7-4-5-8(13-7)6-12-9(10-2)11-3/h4-5H,6H2,1-3H3,(H2,10,11,12). The summed E-state index contributed by atoms with van der Waals surface area (Å²) in [6.07, 6.45) is 0. The van der Waals surface area contributed by atoms with Gasteiger partial charge < -0.3 is 10.6 Å². The second-order valence-electron chi connectivity index (χ2n) is 2.69. The fourth-order valence-corrected chi connectivity index (χ4v) is 1.86. The van der Waals surface area contributed by atoms with Crippen LogP contribution in [0.15, 0.2) is 17.1 Å². The Bertz CT molecular complexity index is 291. The van der Waals surface area contributed by atoms with Gasteiger partial charge in [-0.2, -0.15) is 0 Å². The van der Waals surface area contributed by atoms with Gasteiger partial charge in [0.1, 0.15) is 0 Å². The maximum Gasteiger partial charge on any atom is 0.191 e. The SMILES string of the molecule is CN=C(NC)NCc1ccc(C)s1. The van der Waals surface area contributed by atoms with Crippen molar-refractivity contribution in [2.75, 3.05) is 14.1 Å². The summed E-state index contributed by atoms with van der Waals surface area (Å²) in [4.78, 5) is 6.70. The van der Waals surface area contributed by atoms with Crippen molar-refractivity contribution in [2.24, 2.45) is 4.99 Å². The zero-order valence-corrected chi connectivity index (χ0v) is 9.03. The Hall–Kier alpha value is -1.03. The van der Waals surface area contributed by atoms with Gasteiger partial charge >= 0.3 is 0 Å². The average molecular weight is 197 g/mol. The second kappa shape index (κ2) is 4.87. The molecule has 72 valence electrons. The molecule has 1 aromatic heterocycles. The maximum absolute atomic E-state index is 4.03. The fraction of sp³-hybridized carbons (Fsp3) is 0.444.